The number of nitrogens with one attached hydrogen (secondary N) is 2. The van der Waals surface area contributed by atoms with Crippen LogP contribution in [0.4, 0.5) is 15.8 Å². The molecule has 1 amide bonds. The van der Waals surface area contributed by atoms with E-state index in [0.29, 0.717) is 23.9 Å². The van der Waals surface area contributed by atoms with Gasteiger partial charge in [-0.25, -0.2) is 14.0 Å². The number of hydrogen-bond donors (Lipinski definition) is 4. The number of carbonyl (C=O) groups is 3. The number of rotatable bonds is 6. The largest absolute Gasteiger partial charge is 0.478 e. The quantitative estimate of drug-likeness (QED) is 0.465. The molecule has 0 spiro atoms. The fraction of sp³-hybridized carbons (Fsp3) is 0.261. The number of carbonyl (C=O) groups excluding carboxylic acids is 1. The van der Waals surface area contributed by atoms with Crippen molar-refractivity contribution >= 4 is 40.8 Å². The van der Waals surface area contributed by atoms with E-state index in [9.17, 15) is 18.8 Å². The highest BCUT2D eigenvalue weighted by molar-refractivity contribution is 6.34. The van der Waals surface area contributed by atoms with Gasteiger partial charge in [0.25, 0.3) is 5.91 Å². The lowest BCUT2D eigenvalue weighted by atomic mass is 10.1. The van der Waals surface area contributed by atoms with Crippen molar-refractivity contribution in [3.63, 3.8) is 0 Å². The molecular formula is C23H25ClFN3O5. The number of amides is 1. The van der Waals surface area contributed by atoms with Crippen molar-refractivity contribution in [3.05, 3.63) is 71.0 Å². The number of piperidine rings is 1. The van der Waals surface area contributed by atoms with E-state index < -0.39 is 17.8 Å². The normalized spacial score (nSPS) is 14.3. The van der Waals surface area contributed by atoms with Crippen molar-refractivity contribution in [2.75, 3.05) is 30.8 Å². The number of carboxylic acid groups (broad SMARTS) is 2. The number of nitrogens with zero attached hydrogens (tertiary/aromatic N) is 1. The molecule has 2 aromatic rings. The van der Waals surface area contributed by atoms with E-state index >= 15 is 0 Å². The van der Waals surface area contributed by atoms with Gasteiger partial charge in [0.05, 0.1) is 10.6 Å². The molecular weight excluding hydrogens is 453 g/mol. The Hall–Kier alpha value is -3.43. The Labute approximate surface area is 195 Å². The molecule has 0 radical (unpaired) electrons. The molecule has 3 rings (SSSR count). The lowest BCUT2D eigenvalue weighted by Crippen LogP contribution is -2.36. The van der Waals surface area contributed by atoms with Crippen LogP contribution in [0, 0.1) is 5.82 Å². The van der Waals surface area contributed by atoms with Gasteiger partial charge in [0, 0.05) is 29.6 Å². The summed E-state index contributed by atoms with van der Waals surface area (Å²) in [7, 11) is 2.13. The van der Waals surface area contributed by atoms with Crippen molar-refractivity contribution in [3.8, 4) is 0 Å². The van der Waals surface area contributed by atoms with Gasteiger partial charge in [-0.1, -0.05) is 17.7 Å². The molecule has 2 aromatic carbocycles. The maximum Gasteiger partial charge on any atom is 0.328 e. The van der Waals surface area contributed by atoms with Crippen LogP contribution in [0.3, 0.4) is 0 Å². The first-order valence-electron chi connectivity index (χ1n) is 10.1. The number of carboxylic acids is 2. The molecule has 0 atom stereocenters. The highest BCUT2D eigenvalue weighted by Crippen LogP contribution is 2.22. The van der Waals surface area contributed by atoms with Crippen LogP contribution >= 0.6 is 11.6 Å². The van der Waals surface area contributed by atoms with Gasteiger partial charge in [-0.2, -0.15) is 0 Å². The minimum absolute atomic E-state index is 0.0955. The third-order valence-corrected chi connectivity index (χ3v) is 5.07. The Balaban J connectivity index is 0.000000414. The summed E-state index contributed by atoms with van der Waals surface area (Å²) >= 11 is 5.95. The summed E-state index contributed by atoms with van der Waals surface area (Å²) in [5.74, 6) is -3.34. The van der Waals surface area contributed by atoms with Gasteiger partial charge in [0.1, 0.15) is 5.82 Å². The summed E-state index contributed by atoms with van der Waals surface area (Å²) in [5.41, 5.74) is 1.89. The highest BCUT2D eigenvalue weighted by atomic mass is 35.5. The molecule has 0 bridgehead atoms. The molecule has 1 aliphatic rings. The van der Waals surface area contributed by atoms with E-state index in [-0.39, 0.29) is 16.5 Å². The van der Waals surface area contributed by atoms with E-state index in [0.717, 1.165) is 37.7 Å². The Kier molecular flexibility index (Phi) is 9.84. The predicted octanol–water partition coefficient (Wildman–Crippen LogP) is 3.95. The first kappa shape index (κ1) is 25.8. The van der Waals surface area contributed by atoms with Crippen molar-refractivity contribution in [2.24, 2.45) is 0 Å². The van der Waals surface area contributed by atoms with Gasteiger partial charge in [-0.3, -0.25) is 4.79 Å². The molecule has 0 saturated carbocycles. The zero-order chi connectivity index (χ0) is 24.4. The van der Waals surface area contributed by atoms with Crippen LogP contribution in [0.1, 0.15) is 23.2 Å². The van der Waals surface area contributed by atoms with E-state index in [1.807, 2.05) is 24.3 Å². The third kappa shape index (κ3) is 9.30. The van der Waals surface area contributed by atoms with Crippen molar-refractivity contribution in [2.45, 2.75) is 18.9 Å². The molecule has 176 valence electrons. The minimum atomic E-state index is -1.26. The number of halogens is 2. The summed E-state index contributed by atoms with van der Waals surface area (Å²) in [4.78, 5) is 33.8. The zero-order valence-electron chi connectivity index (χ0n) is 17.9. The molecule has 1 aliphatic heterocycles. The van der Waals surface area contributed by atoms with Crippen LogP contribution < -0.4 is 10.6 Å². The second-order valence-electron chi connectivity index (χ2n) is 7.39. The van der Waals surface area contributed by atoms with Gasteiger partial charge in [-0.05, 0) is 69.4 Å². The number of benzene rings is 2. The fourth-order valence-electron chi connectivity index (χ4n) is 3.09. The molecule has 33 heavy (non-hydrogen) atoms. The Morgan fingerprint density at radius 3 is 2.21 bits per heavy atom. The lowest BCUT2D eigenvalue weighted by molar-refractivity contribution is -0.134. The summed E-state index contributed by atoms with van der Waals surface area (Å²) in [5, 5.41) is 22.0. The molecule has 10 heteroatoms. The van der Waals surface area contributed by atoms with Gasteiger partial charge in [0.15, 0.2) is 0 Å². The van der Waals surface area contributed by atoms with Gasteiger partial charge in [-0.15, -0.1) is 0 Å². The number of hydrogen-bond acceptors (Lipinski definition) is 5. The first-order chi connectivity index (χ1) is 15.6. The van der Waals surface area contributed by atoms with Crippen LogP contribution in [0.15, 0.2) is 54.6 Å². The van der Waals surface area contributed by atoms with Crippen LogP contribution in [-0.4, -0.2) is 59.1 Å². The molecule has 1 fully saturated rings. The van der Waals surface area contributed by atoms with Crippen molar-refractivity contribution < 1.29 is 29.0 Å². The average molecular weight is 478 g/mol. The molecule has 0 aliphatic carbocycles. The van der Waals surface area contributed by atoms with Crippen LogP contribution in [-0.2, 0) is 9.59 Å². The number of likely N-dealkylation sites (tertiary alicyclic amines) is 1. The Morgan fingerprint density at radius 1 is 1.03 bits per heavy atom. The van der Waals surface area contributed by atoms with E-state index in [1.165, 1.54) is 12.1 Å². The standard InChI is InChI=1S/C19H21ClFN3O.C4H4O4/c1-24-9-7-14(8-10-24)22-15-3-2-4-16(12-15)23-19(25)17-6-5-13(21)11-18(17)20;5-3(6)1-2-4(7)8/h2-6,11-12,14,22H,7-10H2,1H3,(H,23,25);1-2H,(H,5,6)(H,7,8). The smallest absolute Gasteiger partial charge is 0.328 e. The van der Waals surface area contributed by atoms with Crippen LogP contribution in [0.5, 0.6) is 0 Å². The zero-order valence-corrected chi connectivity index (χ0v) is 18.7. The topological polar surface area (TPSA) is 119 Å². The van der Waals surface area contributed by atoms with Gasteiger partial charge < -0.3 is 25.7 Å². The third-order valence-electron chi connectivity index (χ3n) is 4.75. The summed E-state index contributed by atoms with van der Waals surface area (Å²) in [6.45, 7) is 2.16. The van der Waals surface area contributed by atoms with Crippen LogP contribution in [0.25, 0.3) is 0 Å². The molecule has 0 unspecified atom stereocenters. The minimum Gasteiger partial charge on any atom is -0.478 e. The lowest BCUT2D eigenvalue weighted by Gasteiger charge is -2.30. The van der Waals surface area contributed by atoms with Gasteiger partial charge >= 0.3 is 11.9 Å². The fourth-order valence-corrected chi connectivity index (χ4v) is 3.34. The van der Waals surface area contributed by atoms with Crippen molar-refractivity contribution in [1.82, 2.24) is 4.90 Å². The molecule has 1 heterocycles. The van der Waals surface area contributed by atoms with E-state index in [1.54, 1.807) is 0 Å². The summed E-state index contributed by atoms with van der Waals surface area (Å²) in [6, 6.07) is 11.8. The van der Waals surface area contributed by atoms with E-state index in [2.05, 4.69) is 22.6 Å². The summed E-state index contributed by atoms with van der Waals surface area (Å²) < 4.78 is 13.1. The van der Waals surface area contributed by atoms with Crippen LogP contribution in [0.2, 0.25) is 5.02 Å². The first-order valence-corrected chi connectivity index (χ1v) is 10.5. The Morgan fingerprint density at radius 2 is 1.64 bits per heavy atom. The second-order valence-corrected chi connectivity index (χ2v) is 7.80. The highest BCUT2D eigenvalue weighted by Gasteiger charge is 2.16. The maximum absolute atomic E-state index is 13.1. The molecule has 8 nitrogen and oxygen atoms in total. The van der Waals surface area contributed by atoms with Crippen molar-refractivity contribution in [1.29, 1.82) is 0 Å². The SMILES string of the molecule is CN1CCC(Nc2cccc(NC(=O)c3ccc(F)cc3Cl)c2)CC1.O=C(O)C=CC(=O)O. The average Bonchev–Trinajstić information content (AvgIpc) is 2.74. The second kappa shape index (κ2) is 12.6. The molecule has 4 N–H and O–H groups in total. The number of aliphatic carboxylic acids is 2. The predicted molar refractivity (Wildman–Crippen MR) is 124 cm³/mol. The number of anilines is 2. The summed E-state index contributed by atoms with van der Waals surface area (Å²) in [6.07, 6.45) is 3.31. The van der Waals surface area contributed by atoms with E-state index in [4.69, 9.17) is 21.8 Å². The maximum atomic E-state index is 13.1. The molecule has 0 aromatic heterocycles. The van der Waals surface area contributed by atoms with Gasteiger partial charge in [0.2, 0.25) is 0 Å². The monoisotopic (exact) mass is 477 g/mol. The Bertz CT molecular complexity index is 1010. The molecule has 1 saturated heterocycles.